The minimum Gasteiger partial charge on any atom is -0.480 e. The molecule has 0 spiro atoms. The van der Waals surface area contributed by atoms with Gasteiger partial charge in [-0.1, -0.05) is 31.9 Å². The molecule has 4 nitrogen and oxygen atoms in total. The summed E-state index contributed by atoms with van der Waals surface area (Å²) in [6.07, 6.45) is 17.7. The van der Waals surface area contributed by atoms with Crippen LogP contribution in [0.1, 0.15) is 119 Å². The Bertz CT molecular complexity index is 404. The average Bonchev–Trinajstić information content (AvgIpc) is 2.87. The summed E-state index contributed by atoms with van der Waals surface area (Å²) in [5, 5.41) is 16.5. The number of carbonyl (C=O) groups is 2. The Balaban J connectivity index is -0.000000459. The summed E-state index contributed by atoms with van der Waals surface area (Å²) < 4.78 is 10.1. The predicted octanol–water partition coefficient (Wildman–Crippen LogP) is 10.4. The van der Waals surface area contributed by atoms with Crippen molar-refractivity contribution in [1.82, 2.24) is 0 Å². The molecule has 2 N–H and O–H groups in total. The zero-order valence-electron chi connectivity index (χ0n) is 24.3. The molecule has 0 rings (SSSR count). The quantitative estimate of drug-likeness (QED) is 0.0891. The van der Waals surface area contributed by atoms with Crippen LogP contribution in [0.5, 0.6) is 0 Å². The molecule has 0 saturated carbocycles. The van der Waals surface area contributed by atoms with Gasteiger partial charge in [-0.05, 0) is 0 Å². The molecular formula is C28H58Br2O4Sn2. The van der Waals surface area contributed by atoms with E-state index in [1.165, 1.54) is 77.0 Å². The Kier molecular flexibility index (Phi) is 38.1. The van der Waals surface area contributed by atoms with E-state index >= 15 is 0 Å². The molecule has 0 unspecified atom stereocenters. The topological polar surface area (TPSA) is 74.6 Å². The van der Waals surface area contributed by atoms with E-state index in [1.54, 1.807) is 26.6 Å². The fraction of sp³-hybridized carbons (Fsp3) is 0.929. The number of aliphatic carboxylic acids is 2. The zero-order valence-corrected chi connectivity index (χ0v) is 33.2. The number of hydrogen-bond acceptors (Lipinski definition) is 2. The molecule has 2 radical (unpaired) electrons. The van der Waals surface area contributed by atoms with Gasteiger partial charge in [0.05, 0.1) is 0 Å². The van der Waals surface area contributed by atoms with Gasteiger partial charge < -0.3 is 10.2 Å². The molecule has 36 heavy (non-hydrogen) atoms. The van der Waals surface area contributed by atoms with Crippen LogP contribution < -0.4 is 0 Å². The van der Waals surface area contributed by atoms with Gasteiger partial charge >= 0.3 is 197 Å². The van der Waals surface area contributed by atoms with Crippen molar-refractivity contribution < 1.29 is 19.8 Å². The fourth-order valence-corrected chi connectivity index (χ4v) is 22.9. The van der Waals surface area contributed by atoms with Gasteiger partial charge in [-0.2, -0.15) is 0 Å². The normalized spacial score (nSPS) is 12.4. The number of carboxylic acid groups (broad SMARTS) is 2. The molecule has 0 heterocycles. The SMILES string of the molecule is CCC[CH2][Sn]([CH2]CCC)[CH2]CCC.CCC[CH2][Sn]([CH2]CCC)[CH2]CCC.O=C(O)[C@@H](Br)[C@@H](Br)C(=O)O. The van der Waals surface area contributed by atoms with E-state index in [2.05, 4.69) is 73.4 Å². The van der Waals surface area contributed by atoms with Crippen LogP contribution in [0.4, 0.5) is 0 Å². The van der Waals surface area contributed by atoms with E-state index < -0.39 is 61.1 Å². The molecule has 0 aromatic rings. The van der Waals surface area contributed by atoms with Gasteiger partial charge in [0.15, 0.2) is 0 Å². The van der Waals surface area contributed by atoms with Crippen LogP contribution in [-0.2, 0) is 9.59 Å². The maximum Gasteiger partial charge on any atom is 0.319 e. The Morgan fingerprint density at radius 3 is 0.778 bits per heavy atom. The van der Waals surface area contributed by atoms with Gasteiger partial charge in [-0.15, -0.1) is 0 Å². The summed E-state index contributed by atoms with van der Waals surface area (Å²) in [5.41, 5.74) is 0. The van der Waals surface area contributed by atoms with Crippen molar-refractivity contribution in [3.63, 3.8) is 0 Å². The van der Waals surface area contributed by atoms with Crippen molar-refractivity contribution in [3.8, 4) is 0 Å². The molecular weight excluding hydrogens is 798 g/mol. The van der Waals surface area contributed by atoms with Gasteiger partial charge in [-0.25, -0.2) is 0 Å². The van der Waals surface area contributed by atoms with Crippen LogP contribution in [0, 0.1) is 0 Å². The minimum absolute atomic E-state index is 0.839. The maximum atomic E-state index is 10.1. The first-order valence-electron chi connectivity index (χ1n) is 14.6. The van der Waals surface area contributed by atoms with Crippen molar-refractivity contribution in [3.05, 3.63) is 0 Å². The first-order valence-corrected chi connectivity index (χ1v) is 28.5. The Morgan fingerprint density at radius 2 is 0.667 bits per heavy atom. The molecule has 0 aromatic heterocycles. The Hall–Kier alpha value is 1.50. The Labute approximate surface area is 255 Å². The van der Waals surface area contributed by atoms with E-state index in [-0.39, 0.29) is 0 Å². The monoisotopic (exact) mass is 856 g/mol. The van der Waals surface area contributed by atoms with E-state index in [0.29, 0.717) is 0 Å². The molecule has 0 bridgehead atoms. The molecule has 0 aliphatic rings. The van der Waals surface area contributed by atoms with Crippen LogP contribution >= 0.6 is 31.9 Å². The van der Waals surface area contributed by atoms with Gasteiger partial charge in [0.1, 0.15) is 9.65 Å². The summed E-state index contributed by atoms with van der Waals surface area (Å²) >= 11 is 3.68. The summed E-state index contributed by atoms with van der Waals surface area (Å²) in [5.74, 6) is -2.41. The minimum atomic E-state index is -1.20. The van der Waals surface area contributed by atoms with Crippen molar-refractivity contribution in [1.29, 1.82) is 0 Å². The second kappa shape index (κ2) is 32.7. The van der Waals surface area contributed by atoms with Gasteiger partial charge in [-0.3, -0.25) is 9.59 Å². The van der Waals surface area contributed by atoms with Crippen LogP contribution in [0.3, 0.4) is 0 Å². The summed E-state index contributed by atoms with van der Waals surface area (Å²) in [4.78, 5) is 18.0. The number of carboxylic acids is 2. The average molecular weight is 856 g/mol. The molecule has 0 fully saturated rings. The molecule has 0 saturated heterocycles. The molecule has 0 aromatic carbocycles. The molecule has 216 valence electrons. The second-order valence-electron chi connectivity index (χ2n) is 9.60. The number of rotatable bonds is 21. The first-order chi connectivity index (χ1) is 17.2. The van der Waals surface area contributed by atoms with Crippen LogP contribution in [0.15, 0.2) is 0 Å². The van der Waals surface area contributed by atoms with E-state index in [1.807, 2.05) is 0 Å². The van der Waals surface area contributed by atoms with Crippen molar-refractivity contribution >= 4 is 83.3 Å². The van der Waals surface area contributed by atoms with E-state index in [4.69, 9.17) is 10.2 Å². The van der Waals surface area contributed by atoms with Crippen molar-refractivity contribution in [2.24, 2.45) is 0 Å². The third kappa shape index (κ3) is 30.0. The summed E-state index contributed by atoms with van der Waals surface area (Å²) in [7, 11) is 0. The predicted molar refractivity (Wildman–Crippen MR) is 170 cm³/mol. The fourth-order valence-electron chi connectivity index (χ4n) is 3.56. The first kappa shape index (κ1) is 42.0. The molecule has 0 aliphatic heterocycles. The zero-order chi connectivity index (χ0) is 28.2. The van der Waals surface area contributed by atoms with Crippen LogP contribution in [0.25, 0.3) is 0 Å². The number of unbranched alkanes of at least 4 members (excludes halogenated alkanes) is 6. The van der Waals surface area contributed by atoms with Gasteiger partial charge in [0, 0.05) is 0 Å². The van der Waals surface area contributed by atoms with Crippen LogP contribution in [-0.4, -0.2) is 71.3 Å². The maximum absolute atomic E-state index is 10.1. The molecule has 0 amide bonds. The Morgan fingerprint density at radius 1 is 0.500 bits per heavy atom. The smallest absolute Gasteiger partial charge is 0.319 e. The van der Waals surface area contributed by atoms with Gasteiger partial charge in [0.25, 0.3) is 0 Å². The molecule has 8 heteroatoms. The third-order valence-corrected chi connectivity index (χ3v) is 26.7. The van der Waals surface area contributed by atoms with Crippen molar-refractivity contribution in [2.45, 2.75) is 155 Å². The number of halogens is 2. The van der Waals surface area contributed by atoms with Crippen molar-refractivity contribution in [2.75, 3.05) is 0 Å². The largest absolute Gasteiger partial charge is 0.480 e. The second-order valence-corrected chi connectivity index (χ2v) is 28.7. The number of alkyl halides is 2. The molecule has 0 aliphatic carbocycles. The standard InChI is InChI=1S/C4H4Br2O4.6C4H9.2Sn/c5-1(3(7)8)2(6)4(9)10;6*1-3-4-2;;/h1-2H,(H,7,8)(H,9,10);6*1,3-4H2,2H3;;/t1-,2+;;;;;;;;. The number of hydrogen-bond donors (Lipinski definition) is 2. The van der Waals surface area contributed by atoms with E-state index in [9.17, 15) is 9.59 Å². The third-order valence-electron chi connectivity index (χ3n) is 6.03. The molecule has 2 atom stereocenters. The van der Waals surface area contributed by atoms with Crippen LogP contribution in [0.2, 0.25) is 26.6 Å². The van der Waals surface area contributed by atoms with Gasteiger partial charge in [0.2, 0.25) is 0 Å². The summed E-state index contributed by atoms with van der Waals surface area (Å²) in [6.45, 7) is 14.0. The summed E-state index contributed by atoms with van der Waals surface area (Å²) in [6, 6.07) is 0. The van der Waals surface area contributed by atoms with E-state index in [0.717, 1.165) is 0 Å².